The Balaban J connectivity index is 1.62. The topological polar surface area (TPSA) is 119 Å². The molecule has 0 saturated heterocycles. The number of amides is 1. The highest BCUT2D eigenvalue weighted by Gasteiger charge is 2.40. The third-order valence-corrected chi connectivity index (χ3v) is 9.04. The second kappa shape index (κ2) is 12.3. The number of rotatable bonds is 8. The lowest BCUT2D eigenvalue weighted by Crippen LogP contribution is -2.36. The van der Waals surface area contributed by atoms with Gasteiger partial charge in [0.05, 0.1) is 28.1 Å². The van der Waals surface area contributed by atoms with Gasteiger partial charge in [0, 0.05) is 43.2 Å². The normalized spacial score (nSPS) is 15.5. The van der Waals surface area contributed by atoms with Crippen molar-refractivity contribution in [2.75, 3.05) is 6.61 Å². The monoisotopic (exact) mass is 579 g/mol. The number of aliphatic hydroxyl groups excluding tert-OH is 1. The number of nitrogens with one attached hydrogen (secondary N) is 1. The third kappa shape index (κ3) is 6.16. The molecule has 3 heterocycles. The summed E-state index contributed by atoms with van der Waals surface area (Å²) in [6, 6.07) is 22.5. The third-order valence-electron chi connectivity index (χ3n) is 7.19. The molecule has 5 rings (SSSR count). The Morgan fingerprint density at radius 3 is 2.45 bits per heavy atom. The van der Waals surface area contributed by atoms with Gasteiger partial charge in [0.25, 0.3) is 5.91 Å². The van der Waals surface area contributed by atoms with E-state index in [1.165, 1.54) is 0 Å². The number of nitriles is 1. The van der Waals surface area contributed by atoms with Gasteiger partial charge in [0.15, 0.2) is 0 Å². The lowest BCUT2D eigenvalue weighted by Gasteiger charge is -2.30. The number of carbonyl (C=O) groups is 1. The van der Waals surface area contributed by atoms with Gasteiger partial charge in [-0.3, -0.25) is 9.78 Å². The Morgan fingerprint density at radius 2 is 1.76 bits per heavy atom. The van der Waals surface area contributed by atoms with Crippen molar-refractivity contribution in [2.24, 2.45) is 0 Å². The average molecular weight is 580 g/mol. The van der Waals surface area contributed by atoms with Gasteiger partial charge in [0.2, 0.25) is 0 Å². The highest BCUT2D eigenvalue weighted by Crippen LogP contribution is 2.44. The number of hydrogen-bond donors (Lipinski definition) is 2. The van der Waals surface area contributed by atoms with E-state index in [1.807, 2.05) is 79.7 Å². The summed E-state index contributed by atoms with van der Waals surface area (Å²) < 4.78 is 15.1. The van der Waals surface area contributed by atoms with Crippen molar-refractivity contribution >= 4 is 16.9 Å². The van der Waals surface area contributed by atoms with Gasteiger partial charge in [-0.05, 0) is 85.8 Å². The Morgan fingerprint density at radius 1 is 1.07 bits per heavy atom. The van der Waals surface area contributed by atoms with Crippen molar-refractivity contribution < 1.29 is 14.1 Å². The first-order valence-corrected chi connectivity index (χ1v) is 14.9. The lowest BCUT2D eigenvalue weighted by atomic mass is 9.93. The molecule has 214 valence electrons. The van der Waals surface area contributed by atoms with E-state index in [-0.39, 0.29) is 24.2 Å². The zero-order valence-corrected chi connectivity index (χ0v) is 24.7. The second-order valence-corrected chi connectivity index (χ2v) is 13.4. The van der Waals surface area contributed by atoms with Crippen LogP contribution in [0.4, 0.5) is 0 Å². The van der Waals surface area contributed by atoms with Gasteiger partial charge >= 0.3 is 0 Å². The smallest absolute Gasteiger partial charge is 0.270 e. The summed E-state index contributed by atoms with van der Waals surface area (Å²) in [5, 5.41) is 22.4. The van der Waals surface area contributed by atoms with Crippen LogP contribution in [0.5, 0.6) is 0 Å². The molecule has 1 aliphatic rings. The first-order chi connectivity index (χ1) is 20.2. The number of pyridine rings is 2. The number of fused-ring (bicyclic) bond motifs is 1. The zero-order chi connectivity index (χ0) is 29.9. The molecule has 2 aromatic heterocycles. The number of aromatic nitrogens is 2. The van der Waals surface area contributed by atoms with Crippen LogP contribution >= 0.6 is 0 Å². The second-order valence-electron chi connectivity index (χ2n) is 11.2. The Hall–Kier alpha value is -4.23. The van der Waals surface area contributed by atoms with E-state index in [0.717, 1.165) is 33.4 Å². The summed E-state index contributed by atoms with van der Waals surface area (Å²) in [7, 11) is -1.36. The molecular formula is C33H33N5O3S. The summed E-state index contributed by atoms with van der Waals surface area (Å²) in [5.74, 6) is -0.317. The number of benzene rings is 2. The minimum Gasteiger partial charge on any atom is -0.396 e. The first-order valence-electron chi connectivity index (χ1n) is 13.8. The molecule has 0 spiro atoms. The van der Waals surface area contributed by atoms with Crippen molar-refractivity contribution in [3.05, 3.63) is 107 Å². The molecule has 1 aliphatic heterocycles. The maximum Gasteiger partial charge on any atom is 0.270 e. The number of aliphatic hydroxyl groups is 1. The zero-order valence-electron chi connectivity index (χ0n) is 23.9. The highest BCUT2D eigenvalue weighted by atomic mass is 32.2. The average Bonchev–Trinajstić information content (AvgIpc) is 3.37. The number of carbonyl (C=O) groups excluding carboxylic acids is 1. The Bertz CT molecular complexity index is 1680. The molecule has 42 heavy (non-hydrogen) atoms. The molecule has 2 atom stereocenters. The van der Waals surface area contributed by atoms with Crippen LogP contribution < -0.4 is 5.32 Å². The molecule has 0 fully saturated rings. The molecular weight excluding hydrogens is 546 g/mol. The predicted molar refractivity (Wildman–Crippen MR) is 163 cm³/mol. The Kier molecular flexibility index (Phi) is 8.59. The summed E-state index contributed by atoms with van der Waals surface area (Å²) in [5.41, 5.74) is 6.68. The van der Waals surface area contributed by atoms with Crippen molar-refractivity contribution in [1.29, 1.82) is 5.26 Å². The van der Waals surface area contributed by atoms with Gasteiger partial charge in [-0.2, -0.15) is 5.26 Å². The summed E-state index contributed by atoms with van der Waals surface area (Å²) in [4.78, 5) is 22.3. The SMILES string of the molecule is CC(C)(C)[S@](=O)N1Cc2cc(C(=O)NCc3ccncc3)nc(-c3cccc(-c4cccc(C#N)c4)c3)c2[C@@H]1CCO. The molecule has 9 heteroatoms. The molecule has 0 saturated carbocycles. The van der Waals surface area contributed by atoms with E-state index >= 15 is 0 Å². The summed E-state index contributed by atoms with van der Waals surface area (Å²) in [6.45, 7) is 6.40. The molecule has 0 radical (unpaired) electrons. The van der Waals surface area contributed by atoms with Crippen LogP contribution in [-0.4, -0.2) is 40.8 Å². The Labute approximate surface area is 248 Å². The summed E-state index contributed by atoms with van der Waals surface area (Å²) >= 11 is 0. The van der Waals surface area contributed by atoms with Gasteiger partial charge in [-0.25, -0.2) is 13.5 Å². The molecule has 1 amide bonds. The first kappa shape index (κ1) is 29.3. The molecule has 0 bridgehead atoms. The fourth-order valence-electron chi connectivity index (χ4n) is 5.19. The van der Waals surface area contributed by atoms with Crippen molar-refractivity contribution in [2.45, 2.75) is 51.1 Å². The fraction of sp³-hybridized carbons (Fsp3) is 0.273. The van der Waals surface area contributed by atoms with Gasteiger partial charge in [-0.15, -0.1) is 0 Å². The quantitative estimate of drug-likeness (QED) is 0.292. The molecule has 0 aliphatic carbocycles. The van der Waals surface area contributed by atoms with Crippen molar-refractivity contribution in [1.82, 2.24) is 19.6 Å². The van der Waals surface area contributed by atoms with E-state index in [0.29, 0.717) is 30.8 Å². The van der Waals surface area contributed by atoms with E-state index in [9.17, 15) is 19.4 Å². The molecule has 2 N–H and O–H groups in total. The van der Waals surface area contributed by atoms with E-state index in [1.54, 1.807) is 24.5 Å². The maximum absolute atomic E-state index is 13.7. The molecule has 0 unspecified atom stereocenters. The molecule has 2 aromatic carbocycles. The standard InChI is InChI=1S/C33H33N5O3S/c1-33(2,3)42(41)38-21-27-18-28(32(40)36-20-22-10-13-35-14-11-22)37-31(30(27)29(38)12-15-39)26-9-5-8-25(17-26)24-7-4-6-23(16-24)19-34/h4-11,13-14,16-18,29,39H,12,15,20-21H2,1-3H3,(H,36,40)/t29-,42-/m0/s1. The molecule has 8 nitrogen and oxygen atoms in total. The van der Waals surface area contributed by atoms with Crippen LogP contribution in [0.1, 0.15) is 66.0 Å². The van der Waals surface area contributed by atoms with Gasteiger partial charge < -0.3 is 10.4 Å². The van der Waals surface area contributed by atoms with Crippen LogP contribution in [0.15, 0.2) is 79.1 Å². The fourth-order valence-corrected chi connectivity index (χ4v) is 6.60. The summed E-state index contributed by atoms with van der Waals surface area (Å²) in [6.07, 6.45) is 3.73. The van der Waals surface area contributed by atoms with Crippen LogP contribution in [-0.2, 0) is 24.1 Å². The van der Waals surface area contributed by atoms with Crippen molar-refractivity contribution in [3.63, 3.8) is 0 Å². The van der Waals surface area contributed by atoms with Crippen molar-refractivity contribution in [3.8, 4) is 28.5 Å². The predicted octanol–water partition coefficient (Wildman–Crippen LogP) is 5.31. The maximum atomic E-state index is 13.7. The number of hydrogen-bond acceptors (Lipinski definition) is 6. The number of nitrogens with zero attached hydrogens (tertiary/aromatic N) is 4. The lowest BCUT2D eigenvalue weighted by molar-refractivity contribution is 0.0946. The van der Waals surface area contributed by atoms with Crippen LogP contribution in [0.2, 0.25) is 0 Å². The van der Waals surface area contributed by atoms with Crippen LogP contribution in [0.25, 0.3) is 22.4 Å². The largest absolute Gasteiger partial charge is 0.396 e. The van der Waals surface area contributed by atoms with Crippen LogP contribution in [0.3, 0.4) is 0 Å². The van der Waals surface area contributed by atoms with Gasteiger partial charge in [-0.1, -0.05) is 30.3 Å². The minimum atomic E-state index is -1.36. The van der Waals surface area contributed by atoms with E-state index in [2.05, 4.69) is 16.4 Å². The minimum absolute atomic E-state index is 0.0868. The van der Waals surface area contributed by atoms with Gasteiger partial charge in [0.1, 0.15) is 16.7 Å². The molecule has 4 aromatic rings. The van der Waals surface area contributed by atoms with E-state index in [4.69, 9.17) is 4.98 Å². The highest BCUT2D eigenvalue weighted by molar-refractivity contribution is 7.84. The van der Waals surface area contributed by atoms with Crippen LogP contribution in [0, 0.1) is 11.3 Å². The van der Waals surface area contributed by atoms with E-state index < -0.39 is 15.7 Å².